The van der Waals surface area contributed by atoms with Crippen LogP contribution in [0.25, 0.3) is 11.1 Å². The van der Waals surface area contributed by atoms with Crippen LogP contribution in [0, 0.1) is 13.8 Å². The van der Waals surface area contributed by atoms with E-state index < -0.39 is 0 Å². The fourth-order valence-electron chi connectivity index (χ4n) is 1.65. The molecule has 0 atom stereocenters. The Morgan fingerprint density at radius 2 is 1.44 bits per heavy atom. The minimum Gasteiger partial charge on any atom is -0.508 e. The van der Waals surface area contributed by atoms with Crippen molar-refractivity contribution in [3.05, 3.63) is 47.5 Å². The van der Waals surface area contributed by atoms with Crippen molar-refractivity contribution >= 4 is 0 Å². The average Bonchev–Trinajstić information content (AvgIpc) is 2.25. The quantitative estimate of drug-likeness (QED) is 0.714. The van der Waals surface area contributed by atoms with Crippen LogP contribution in [0.1, 0.15) is 11.1 Å². The van der Waals surface area contributed by atoms with Gasteiger partial charge < -0.3 is 10.2 Å². The number of hydrogen-bond acceptors (Lipinski definition) is 2. The van der Waals surface area contributed by atoms with Crippen LogP contribution in [0.4, 0.5) is 0 Å². The number of benzene rings is 2. The van der Waals surface area contributed by atoms with Gasteiger partial charge in [-0.3, -0.25) is 0 Å². The normalized spacial score (nSPS) is 10.4. The topological polar surface area (TPSA) is 40.5 Å². The standard InChI is InChI=1S/C14H14O2/c1-9-3-5-11(6-4-9)12-8-13(15)10(2)7-14(12)16/h3-8,15-16H,1-2H3. The zero-order valence-electron chi connectivity index (χ0n) is 9.36. The van der Waals surface area contributed by atoms with E-state index in [1.165, 1.54) is 5.56 Å². The highest BCUT2D eigenvalue weighted by Crippen LogP contribution is 2.34. The second-order valence-corrected chi connectivity index (χ2v) is 4.02. The van der Waals surface area contributed by atoms with Gasteiger partial charge in [0.15, 0.2) is 0 Å². The van der Waals surface area contributed by atoms with Crippen LogP contribution in [-0.4, -0.2) is 10.2 Å². The first-order chi connectivity index (χ1) is 7.58. The molecule has 0 spiro atoms. The molecule has 0 amide bonds. The van der Waals surface area contributed by atoms with E-state index in [9.17, 15) is 10.2 Å². The highest BCUT2D eigenvalue weighted by atomic mass is 16.3. The minimum atomic E-state index is 0.194. The van der Waals surface area contributed by atoms with Gasteiger partial charge in [-0.2, -0.15) is 0 Å². The monoisotopic (exact) mass is 214 g/mol. The second-order valence-electron chi connectivity index (χ2n) is 4.02. The molecule has 0 bridgehead atoms. The average molecular weight is 214 g/mol. The molecule has 0 aliphatic carbocycles. The summed E-state index contributed by atoms with van der Waals surface area (Å²) in [6.45, 7) is 3.77. The summed E-state index contributed by atoms with van der Waals surface area (Å²) in [7, 11) is 0. The summed E-state index contributed by atoms with van der Waals surface area (Å²) in [5.41, 5.74) is 3.40. The predicted octanol–water partition coefficient (Wildman–Crippen LogP) is 3.38. The summed E-state index contributed by atoms with van der Waals surface area (Å²) in [4.78, 5) is 0. The van der Waals surface area contributed by atoms with Gasteiger partial charge in [0, 0.05) is 5.56 Å². The Kier molecular flexibility index (Phi) is 2.57. The van der Waals surface area contributed by atoms with Crippen LogP contribution >= 0.6 is 0 Å². The molecule has 2 aromatic rings. The lowest BCUT2D eigenvalue weighted by Crippen LogP contribution is -1.82. The SMILES string of the molecule is Cc1ccc(-c2cc(O)c(C)cc2O)cc1. The Morgan fingerprint density at radius 3 is 2.06 bits per heavy atom. The molecule has 2 heteroatoms. The lowest BCUT2D eigenvalue weighted by atomic mass is 10.0. The lowest BCUT2D eigenvalue weighted by Gasteiger charge is -2.08. The highest BCUT2D eigenvalue weighted by molar-refractivity contribution is 5.72. The summed E-state index contributed by atoms with van der Waals surface area (Å²) < 4.78 is 0. The third-order valence-electron chi connectivity index (χ3n) is 2.68. The van der Waals surface area contributed by atoms with Crippen LogP contribution in [0.3, 0.4) is 0 Å². The van der Waals surface area contributed by atoms with E-state index in [4.69, 9.17) is 0 Å². The molecule has 0 aliphatic heterocycles. The van der Waals surface area contributed by atoms with Crippen LogP contribution < -0.4 is 0 Å². The van der Waals surface area contributed by atoms with Crippen molar-refractivity contribution in [1.82, 2.24) is 0 Å². The maximum atomic E-state index is 9.83. The maximum absolute atomic E-state index is 9.83. The third kappa shape index (κ3) is 1.87. The minimum absolute atomic E-state index is 0.194. The molecule has 0 aromatic heterocycles. The first-order valence-corrected chi connectivity index (χ1v) is 5.17. The van der Waals surface area contributed by atoms with Gasteiger partial charge in [-0.1, -0.05) is 29.8 Å². The van der Waals surface area contributed by atoms with E-state index in [0.717, 1.165) is 5.56 Å². The number of aryl methyl sites for hydroxylation is 2. The molecule has 2 N–H and O–H groups in total. The molecule has 0 aliphatic rings. The molecule has 0 radical (unpaired) electrons. The van der Waals surface area contributed by atoms with Crippen LogP contribution in [-0.2, 0) is 0 Å². The molecule has 2 rings (SSSR count). The van der Waals surface area contributed by atoms with Crippen molar-refractivity contribution in [2.45, 2.75) is 13.8 Å². The Bertz CT molecular complexity index is 513. The van der Waals surface area contributed by atoms with Crippen molar-refractivity contribution in [3.63, 3.8) is 0 Å². The van der Waals surface area contributed by atoms with Gasteiger partial charge in [-0.05, 0) is 37.1 Å². The summed E-state index contributed by atoms with van der Waals surface area (Å²) in [6, 6.07) is 11.0. The van der Waals surface area contributed by atoms with Crippen LogP contribution in [0.15, 0.2) is 36.4 Å². The summed E-state index contributed by atoms with van der Waals surface area (Å²) in [6.07, 6.45) is 0. The smallest absolute Gasteiger partial charge is 0.123 e. The first kappa shape index (κ1) is 10.6. The molecule has 2 aromatic carbocycles. The lowest BCUT2D eigenvalue weighted by molar-refractivity contribution is 0.458. The van der Waals surface area contributed by atoms with E-state index in [1.54, 1.807) is 19.1 Å². The molecule has 82 valence electrons. The largest absolute Gasteiger partial charge is 0.508 e. The number of rotatable bonds is 1. The highest BCUT2D eigenvalue weighted by Gasteiger charge is 2.07. The third-order valence-corrected chi connectivity index (χ3v) is 2.68. The molecular weight excluding hydrogens is 200 g/mol. The Labute approximate surface area is 94.8 Å². The maximum Gasteiger partial charge on any atom is 0.123 e. The molecular formula is C14H14O2. The Balaban J connectivity index is 2.56. The number of hydrogen-bond donors (Lipinski definition) is 2. The Hall–Kier alpha value is -1.96. The zero-order valence-corrected chi connectivity index (χ0v) is 9.36. The van der Waals surface area contributed by atoms with Gasteiger partial charge in [0.25, 0.3) is 0 Å². The molecule has 0 saturated heterocycles. The second kappa shape index (κ2) is 3.89. The first-order valence-electron chi connectivity index (χ1n) is 5.17. The number of aromatic hydroxyl groups is 2. The number of phenolic OH excluding ortho intramolecular Hbond substituents is 2. The van der Waals surface area contributed by atoms with Crippen molar-refractivity contribution < 1.29 is 10.2 Å². The van der Waals surface area contributed by atoms with Gasteiger partial charge in [0.05, 0.1) is 0 Å². The molecule has 0 heterocycles. The predicted molar refractivity (Wildman–Crippen MR) is 64.7 cm³/mol. The summed E-state index contributed by atoms with van der Waals surface area (Å²) >= 11 is 0. The van der Waals surface area contributed by atoms with Gasteiger partial charge in [0.1, 0.15) is 11.5 Å². The van der Waals surface area contributed by atoms with Crippen LogP contribution in [0.2, 0.25) is 0 Å². The van der Waals surface area contributed by atoms with E-state index >= 15 is 0 Å². The summed E-state index contributed by atoms with van der Waals surface area (Å²) in [5, 5.41) is 19.5. The van der Waals surface area contributed by atoms with Crippen molar-refractivity contribution in [2.24, 2.45) is 0 Å². The number of phenols is 2. The van der Waals surface area contributed by atoms with E-state index in [-0.39, 0.29) is 11.5 Å². The fourth-order valence-corrected chi connectivity index (χ4v) is 1.65. The zero-order chi connectivity index (χ0) is 11.7. The molecule has 0 unspecified atom stereocenters. The van der Waals surface area contributed by atoms with Gasteiger partial charge in [-0.25, -0.2) is 0 Å². The van der Waals surface area contributed by atoms with E-state index in [2.05, 4.69) is 0 Å². The van der Waals surface area contributed by atoms with Crippen LogP contribution in [0.5, 0.6) is 11.5 Å². The molecule has 16 heavy (non-hydrogen) atoms. The summed E-state index contributed by atoms with van der Waals surface area (Å²) in [5.74, 6) is 0.396. The molecule has 2 nitrogen and oxygen atoms in total. The molecule has 0 saturated carbocycles. The van der Waals surface area contributed by atoms with Gasteiger partial charge in [0.2, 0.25) is 0 Å². The van der Waals surface area contributed by atoms with Crippen molar-refractivity contribution in [2.75, 3.05) is 0 Å². The fraction of sp³-hybridized carbons (Fsp3) is 0.143. The van der Waals surface area contributed by atoms with E-state index in [1.807, 2.05) is 31.2 Å². The van der Waals surface area contributed by atoms with Crippen molar-refractivity contribution in [1.29, 1.82) is 0 Å². The van der Waals surface area contributed by atoms with E-state index in [0.29, 0.717) is 11.1 Å². The Morgan fingerprint density at radius 1 is 0.812 bits per heavy atom. The van der Waals surface area contributed by atoms with Crippen molar-refractivity contribution in [3.8, 4) is 22.6 Å². The van der Waals surface area contributed by atoms with Gasteiger partial charge >= 0.3 is 0 Å². The van der Waals surface area contributed by atoms with Gasteiger partial charge in [-0.15, -0.1) is 0 Å². The molecule has 0 fully saturated rings.